The van der Waals surface area contributed by atoms with E-state index in [0.29, 0.717) is 12.1 Å². The highest BCUT2D eigenvalue weighted by molar-refractivity contribution is 5.92. The number of nitriles is 1. The van der Waals surface area contributed by atoms with Crippen molar-refractivity contribution < 1.29 is 4.79 Å². The summed E-state index contributed by atoms with van der Waals surface area (Å²) in [6.45, 7) is 1.85. The average Bonchev–Trinajstić information content (AvgIpc) is 2.66. The number of carbonyl (C=O) groups excluding carboxylic acids is 1. The summed E-state index contributed by atoms with van der Waals surface area (Å²) >= 11 is 0. The van der Waals surface area contributed by atoms with Crippen LogP contribution in [0.25, 0.3) is 0 Å². The molecule has 1 unspecified atom stereocenters. The van der Waals surface area contributed by atoms with Gasteiger partial charge in [-0.05, 0) is 18.6 Å². The number of aromatic nitrogens is 1. The first-order valence-electron chi connectivity index (χ1n) is 4.11. The Morgan fingerprint density at radius 1 is 1.85 bits per heavy atom. The fraction of sp³-hybridized carbons (Fsp3) is 0.333. The van der Waals surface area contributed by atoms with E-state index in [1.54, 1.807) is 18.3 Å². The van der Waals surface area contributed by atoms with Crippen LogP contribution in [0.5, 0.6) is 0 Å². The Morgan fingerprint density at radius 3 is 3.08 bits per heavy atom. The molecule has 4 nitrogen and oxygen atoms in total. The van der Waals surface area contributed by atoms with Crippen molar-refractivity contribution in [3.63, 3.8) is 0 Å². The molecule has 0 fully saturated rings. The van der Waals surface area contributed by atoms with Gasteiger partial charge in [-0.3, -0.25) is 4.79 Å². The second-order valence-electron chi connectivity index (χ2n) is 2.65. The Bertz CT molecular complexity index is 310. The van der Waals surface area contributed by atoms with Gasteiger partial charge in [0.1, 0.15) is 11.7 Å². The van der Waals surface area contributed by atoms with E-state index in [0.717, 1.165) is 0 Å². The molecule has 0 radical (unpaired) electrons. The number of H-pyrrole nitrogens is 1. The highest BCUT2D eigenvalue weighted by Gasteiger charge is 2.10. The Labute approximate surface area is 76.6 Å². The Hall–Kier alpha value is -1.76. The van der Waals surface area contributed by atoms with Crippen LogP contribution >= 0.6 is 0 Å². The van der Waals surface area contributed by atoms with Crippen LogP contribution in [0.3, 0.4) is 0 Å². The number of hydrogen-bond acceptors (Lipinski definition) is 2. The minimum atomic E-state index is -0.407. The van der Waals surface area contributed by atoms with Gasteiger partial charge in [0.2, 0.25) is 0 Å². The molecule has 68 valence electrons. The van der Waals surface area contributed by atoms with E-state index in [9.17, 15) is 4.79 Å². The van der Waals surface area contributed by atoms with Gasteiger partial charge in [0.25, 0.3) is 5.91 Å². The summed E-state index contributed by atoms with van der Waals surface area (Å²) < 4.78 is 0. The molecular weight excluding hydrogens is 166 g/mol. The minimum absolute atomic E-state index is 0.238. The third-order valence-corrected chi connectivity index (χ3v) is 1.71. The Morgan fingerprint density at radius 2 is 2.62 bits per heavy atom. The number of rotatable bonds is 3. The fourth-order valence-corrected chi connectivity index (χ4v) is 0.933. The maximum absolute atomic E-state index is 11.3. The van der Waals surface area contributed by atoms with Crippen molar-refractivity contribution in [2.24, 2.45) is 0 Å². The molecule has 1 aromatic rings. The molecule has 0 saturated carbocycles. The number of nitrogens with one attached hydrogen (secondary N) is 2. The Kier molecular flexibility index (Phi) is 3.09. The first kappa shape index (κ1) is 9.33. The second kappa shape index (κ2) is 4.31. The van der Waals surface area contributed by atoms with Crippen LogP contribution < -0.4 is 5.32 Å². The van der Waals surface area contributed by atoms with E-state index in [4.69, 9.17) is 5.26 Å². The van der Waals surface area contributed by atoms with E-state index in [-0.39, 0.29) is 5.91 Å². The van der Waals surface area contributed by atoms with Gasteiger partial charge in [0, 0.05) is 6.20 Å². The van der Waals surface area contributed by atoms with E-state index in [1.165, 1.54) is 0 Å². The van der Waals surface area contributed by atoms with Crippen molar-refractivity contribution in [1.29, 1.82) is 5.26 Å². The van der Waals surface area contributed by atoms with Crippen LogP contribution in [-0.4, -0.2) is 16.9 Å². The average molecular weight is 177 g/mol. The molecular formula is C9H11N3O. The smallest absolute Gasteiger partial charge is 0.268 e. The molecule has 0 saturated heterocycles. The lowest BCUT2D eigenvalue weighted by Gasteiger charge is -2.07. The SMILES string of the molecule is CCC(C#N)NC(=O)c1ccc[nH]1. The van der Waals surface area contributed by atoms with E-state index in [1.807, 2.05) is 13.0 Å². The summed E-state index contributed by atoms with van der Waals surface area (Å²) in [5, 5.41) is 11.2. The van der Waals surface area contributed by atoms with Crippen LogP contribution in [0.1, 0.15) is 23.8 Å². The molecule has 1 aromatic heterocycles. The van der Waals surface area contributed by atoms with Crippen LogP contribution in [0.2, 0.25) is 0 Å². The molecule has 0 spiro atoms. The standard InChI is InChI=1S/C9H11N3O/c1-2-7(6-10)12-9(13)8-4-3-5-11-8/h3-5,7,11H,2H2,1H3,(H,12,13). The van der Waals surface area contributed by atoms with Crippen molar-refractivity contribution in [3.8, 4) is 6.07 Å². The predicted molar refractivity (Wildman–Crippen MR) is 48.0 cm³/mol. The molecule has 0 aliphatic heterocycles. The summed E-state index contributed by atoms with van der Waals surface area (Å²) in [6, 6.07) is 5.00. The largest absolute Gasteiger partial charge is 0.357 e. The highest BCUT2D eigenvalue weighted by atomic mass is 16.1. The molecule has 0 aliphatic rings. The van der Waals surface area contributed by atoms with Gasteiger partial charge in [0.15, 0.2) is 0 Å². The van der Waals surface area contributed by atoms with Crippen molar-refractivity contribution in [2.45, 2.75) is 19.4 Å². The van der Waals surface area contributed by atoms with Gasteiger partial charge in [-0.1, -0.05) is 6.92 Å². The van der Waals surface area contributed by atoms with Crippen LogP contribution in [-0.2, 0) is 0 Å². The third-order valence-electron chi connectivity index (χ3n) is 1.71. The van der Waals surface area contributed by atoms with Gasteiger partial charge in [-0.15, -0.1) is 0 Å². The molecule has 13 heavy (non-hydrogen) atoms. The van der Waals surface area contributed by atoms with Crippen molar-refractivity contribution >= 4 is 5.91 Å². The number of aromatic amines is 1. The number of carbonyl (C=O) groups is 1. The number of amides is 1. The van der Waals surface area contributed by atoms with E-state index >= 15 is 0 Å². The van der Waals surface area contributed by atoms with Crippen molar-refractivity contribution in [3.05, 3.63) is 24.0 Å². The number of nitrogens with zero attached hydrogens (tertiary/aromatic N) is 1. The summed E-state index contributed by atoms with van der Waals surface area (Å²) in [5.41, 5.74) is 0.480. The second-order valence-corrected chi connectivity index (χ2v) is 2.65. The molecule has 1 atom stereocenters. The molecule has 1 heterocycles. The van der Waals surface area contributed by atoms with Gasteiger partial charge in [-0.2, -0.15) is 5.26 Å². The summed E-state index contributed by atoms with van der Waals surface area (Å²) in [5.74, 6) is -0.238. The minimum Gasteiger partial charge on any atom is -0.357 e. The fourth-order valence-electron chi connectivity index (χ4n) is 0.933. The lowest BCUT2D eigenvalue weighted by atomic mass is 10.2. The van der Waals surface area contributed by atoms with Gasteiger partial charge in [0.05, 0.1) is 6.07 Å². The molecule has 0 bridgehead atoms. The molecule has 0 aromatic carbocycles. The maximum atomic E-state index is 11.3. The quantitative estimate of drug-likeness (QED) is 0.724. The molecule has 4 heteroatoms. The van der Waals surface area contributed by atoms with Crippen LogP contribution in [0, 0.1) is 11.3 Å². The predicted octanol–water partition coefficient (Wildman–Crippen LogP) is 1.05. The first-order chi connectivity index (χ1) is 6.27. The molecule has 1 rings (SSSR count). The zero-order chi connectivity index (χ0) is 9.68. The zero-order valence-corrected chi connectivity index (χ0v) is 7.37. The maximum Gasteiger partial charge on any atom is 0.268 e. The van der Waals surface area contributed by atoms with E-state index < -0.39 is 6.04 Å². The van der Waals surface area contributed by atoms with E-state index in [2.05, 4.69) is 10.3 Å². The molecule has 1 amide bonds. The van der Waals surface area contributed by atoms with Gasteiger partial charge >= 0.3 is 0 Å². The summed E-state index contributed by atoms with van der Waals surface area (Å²) in [4.78, 5) is 14.1. The lowest BCUT2D eigenvalue weighted by Crippen LogP contribution is -2.33. The van der Waals surface area contributed by atoms with Crippen LogP contribution in [0.4, 0.5) is 0 Å². The monoisotopic (exact) mass is 177 g/mol. The summed E-state index contributed by atoms with van der Waals surface area (Å²) in [6.07, 6.45) is 2.28. The number of hydrogen-bond donors (Lipinski definition) is 2. The third kappa shape index (κ3) is 2.34. The lowest BCUT2D eigenvalue weighted by molar-refractivity contribution is 0.0940. The zero-order valence-electron chi connectivity index (χ0n) is 7.37. The summed E-state index contributed by atoms with van der Waals surface area (Å²) in [7, 11) is 0. The molecule has 0 aliphatic carbocycles. The van der Waals surface area contributed by atoms with Gasteiger partial charge in [-0.25, -0.2) is 0 Å². The van der Waals surface area contributed by atoms with Crippen molar-refractivity contribution in [1.82, 2.24) is 10.3 Å². The Balaban J connectivity index is 2.57. The molecule has 2 N–H and O–H groups in total. The van der Waals surface area contributed by atoms with Gasteiger partial charge < -0.3 is 10.3 Å². The van der Waals surface area contributed by atoms with Crippen molar-refractivity contribution in [2.75, 3.05) is 0 Å². The highest BCUT2D eigenvalue weighted by Crippen LogP contribution is 1.96. The topological polar surface area (TPSA) is 68.7 Å². The normalized spacial score (nSPS) is 11.7. The first-order valence-corrected chi connectivity index (χ1v) is 4.11. The van der Waals surface area contributed by atoms with Crippen LogP contribution in [0.15, 0.2) is 18.3 Å².